The topological polar surface area (TPSA) is 72.5 Å². The number of esters is 1. The van der Waals surface area contributed by atoms with Crippen molar-refractivity contribution >= 4 is 29.3 Å². The minimum Gasteiger partial charge on any atom is -0.465 e. The fourth-order valence-electron chi connectivity index (χ4n) is 4.24. The molecule has 0 fully saturated rings. The van der Waals surface area contributed by atoms with Crippen LogP contribution in [-0.2, 0) is 14.3 Å². The Morgan fingerprint density at radius 2 is 1.76 bits per heavy atom. The average molecular weight is 410 g/mol. The molecular weight excluding hydrogens is 390 g/mol. The van der Waals surface area contributed by atoms with Crippen LogP contribution in [0.1, 0.15) is 52.6 Å². The summed E-state index contributed by atoms with van der Waals surface area (Å²) in [5.74, 6) is -0.883. The predicted octanol–water partition coefficient (Wildman–Crippen LogP) is 4.13. The van der Waals surface area contributed by atoms with Gasteiger partial charge in [-0.2, -0.15) is 0 Å². The van der Waals surface area contributed by atoms with Crippen molar-refractivity contribution < 1.29 is 19.1 Å². The molecule has 4 rings (SSSR count). The largest absolute Gasteiger partial charge is 0.465 e. The number of ketones is 1. The second-order valence-corrected chi connectivity index (χ2v) is 7.77. The molecule has 1 aliphatic heterocycles. The van der Waals surface area contributed by atoms with Gasteiger partial charge in [-0.05, 0) is 41.7 Å². The zero-order valence-corrected chi connectivity index (χ0v) is 16.7. The molecule has 1 heterocycles. The second-order valence-electron chi connectivity index (χ2n) is 7.36. The Morgan fingerprint density at radius 3 is 2.45 bits per heavy atom. The first-order chi connectivity index (χ1) is 14.0. The number of amides is 1. The molecule has 0 spiro atoms. The van der Waals surface area contributed by atoms with Gasteiger partial charge < -0.3 is 10.1 Å². The molecule has 6 heteroatoms. The van der Waals surface area contributed by atoms with Gasteiger partial charge in [-0.25, -0.2) is 4.79 Å². The van der Waals surface area contributed by atoms with E-state index in [2.05, 4.69) is 5.32 Å². The van der Waals surface area contributed by atoms with Gasteiger partial charge in [0.15, 0.2) is 5.78 Å². The van der Waals surface area contributed by atoms with Crippen LogP contribution in [0.2, 0.25) is 5.02 Å². The summed E-state index contributed by atoms with van der Waals surface area (Å²) < 4.78 is 4.73. The number of allylic oxidation sites excluding steroid dienone is 2. The molecule has 1 amide bonds. The van der Waals surface area contributed by atoms with Crippen molar-refractivity contribution in [1.82, 2.24) is 5.32 Å². The number of Topliss-reactive ketones (excluding diaryl/α,β-unsaturated/α-hetero) is 1. The SMILES string of the molecule is COC(=O)c1ccc([C@@H]2CC(=O)NC3=C2C(=O)C[C@@H](c2ccccc2Cl)C3)cc1. The Bertz CT molecular complexity index is 1030. The molecule has 2 atom stereocenters. The lowest BCUT2D eigenvalue weighted by Crippen LogP contribution is -2.38. The molecule has 0 bridgehead atoms. The smallest absolute Gasteiger partial charge is 0.337 e. The highest BCUT2D eigenvalue weighted by molar-refractivity contribution is 6.31. The molecule has 0 aromatic heterocycles. The molecular formula is C23H20ClNO4. The van der Waals surface area contributed by atoms with Gasteiger partial charge in [0.25, 0.3) is 0 Å². The van der Waals surface area contributed by atoms with Crippen LogP contribution >= 0.6 is 11.6 Å². The summed E-state index contributed by atoms with van der Waals surface area (Å²) in [5.41, 5.74) is 3.54. The van der Waals surface area contributed by atoms with Gasteiger partial charge in [0.1, 0.15) is 0 Å². The van der Waals surface area contributed by atoms with E-state index >= 15 is 0 Å². The molecule has 148 valence electrons. The summed E-state index contributed by atoms with van der Waals surface area (Å²) >= 11 is 6.33. The molecule has 0 radical (unpaired) electrons. The Kier molecular flexibility index (Phi) is 5.24. The molecule has 0 saturated heterocycles. The zero-order valence-electron chi connectivity index (χ0n) is 15.9. The predicted molar refractivity (Wildman–Crippen MR) is 109 cm³/mol. The highest BCUT2D eigenvalue weighted by Crippen LogP contribution is 2.43. The van der Waals surface area contributed by atoms with Crippen LogP contribution in [0.15, 0.2) is 59.8 Å². The third-order valence-corrected chi connectivity index (χ3v) is 5.96. The molecule has 2 aliphatic rings. The van der Waals surface area contributed by atoms with Gasteiger partial charge >= 0.3 is 5.97 Å². The van der Waals surface area contributed by atoms with E-state index in [4.69, 9.17) is 16.3 Å². The van der Waals surface area contributed by atoms with Gasteiger partial charge in [-0.3, -0.25) is 9.59 Å². The van der Waals surface area contributed by atoms with Crippen LogP contribution in [0.3, 0.4) is 0 Å². The number of ether oxygens (including phenoxy) is 1. The maximum Gasteiger partial charge on any atom is 0.337 e. The van der Waals surface area contributed by atoms with Crippen molar-refractivity contribution in [2.75, 3.05) is 7.11 Å². The van der Waals surface area contributed by atoms with E-state index in [0.717, 1.165) is 11.1 Å². The first-order valence-corrected chi connectivity index (χ1v) is 9.84. The van der Waals surface area contributed by atoms with E-state index in [1.807, 2.05) is 24.3 Å². The van der Waals surface area contributed by atoms with Crippen LogP contribution < -0.4 is 5.32 Å². The van der Waals surface area contributed by atoms with Crippen LogP contribution in [0.5, 0.6) is 0 Å². The van der Waals surface area contributed by atoms with Gasteiger partial charge in [-0.15, -0.1) is 0 Å². The van der Waals surface area contributed by atoms with Crippen molar-refractivity contribution in [3.63, 3.8) is 0 Å². The number of carbonyl (C=O) groups is 3. The van der Waals surface area contributed by atoms with E-state index in [-0.39, 0.29) is 29.9 Å². The van der Waals surface area contributed by atoms with Crippen LogP contribution in [0, 0.1) is 0 Å². The molecule has 0 saturated carbocycles. The third-order valence-electron chi connectivity index (χ3n) is 5.62. The van der Waals surface area contributed by atoms with Gasteiger partial charge in [0.05, 0.1) is 12.7 Å². The second kappa shape index (κ2) is 7.84. The van der Waals surface area contributed by atoms with Crippen molar-refractivity contribution in [2.45, 2.75) is 31.1 Å². The Labute approximate surface area is 173 Å². The van der Waals surface area contributed by atoms with E-state index < -0.39 is 5.97 Å². The molecule has 0 unspecified atom stereocenters. The van der Waals surface area contributed by atoms with Crippen molar-refractivity contribution in [3.05, 3.63) is 81.5 Å². The number of rotatable bonds is 3. The minimum absolute atomic E-state index is 0.0261. The Morgan fingerprint density at radius 1 is 1.03 bits per heavy atom. The summed E-state index contributed by atoms with van der Waals surface area (Å²) in [4.78, 5) is 37.2. The van der Waals surface area contributed by atoms with Crippen LogP contribution in [0.4, 0.5) is 0 Å². The average Bonchev–Trinajstić information content (AvgIpc) is 2.72. The van der Waals surface area contributed by atoms with Gasteiger partial charge in [0, 0.05) is 35.1 Å². The summed E-state index contributed by atoms with van der Waals surface area (Å²) in [6.45, 7) is 0. The molecule has 5 nitrogen and oxygen atoms in total. The van der Waals surface area contributed by atoms with E-state index in [1.54, 1.807) is 24.3 Å². The minimum atomic E-state index is -0.422. The maximum atomic E-state index is 13.1. The van der Waals surface area contributed by atoms with Gasteiger partial charge in [-0.1, -0.05) is 41.9 Å². The number of hydrogen-bond donors (Lipinski definition) is 1. The van der Waals surface area contributed by atoms with E-state index in [0.29, 0.717) is 34.7 Å². The summed E-state index contributed by atoms with van der Waals surface area (Å²) in [7, 11) is 1.33. The maximum absolute atomic E-state index is 13.1. The number of halogens is 1. The van der Waals surface area contributed by atoms with Crippen LogP contribution in [0.25, 0.3) is 0 Å². The first-order valence-electron chi connectivity index (χ1n) is 9.46. The number of benzene rings is 2. The Hall–Kier alpha value is -2.92. The highest BCUT2D eigenvalue weighted by atomic mass is 35.5. The Balaban J connectivity index is 1.68. The fourth-order valence-corrected chi connectivity index (χ4v) is 4.53. The van der Waals surface area contributed by atoms with Gasteiger partial charge in [0.2, 0.25) is 5.91 Å². The molecule has 2 aromatic carbocycles. The third kappa shape index (κ3) is 3.70. The zero-order chi connectivity index (χ0) is 20.5. The van der Waals surface area contributed by atoms with E-state index in [9.17, 15) is 14.4 Å². The molecule has 29 heavy (non-hydrogen) atoms. The summed E-state index contributed by atoms with van der Waals surface area (Å²) in [6, 6.07) is 14.4. The quantitative estimate of drug-likeness (QED) is 0.773. The van der Waals surface area contributed by atoms with Crippen molar-refractivity contribution in [3.8, 4) is 0 Å². The lowest BCUT2D eigenvalue weighted by atomic mass is 9.73. The number of methoxy groups -OCH3 is 1. The number of hydrogen-bond acceptors (Lipinski definition) is 4. The fraction of sp³-hybridized carbons (Fsp3) is 0.261. The normalized spacial score (nSPS) is 21.4. The first kappa shape index (κ1) is 19.4. The summed E-state index contributed by atoms with van der Waals surface area (Å²) in [5, 5.41) is 3.54. The van der Waals surface area contributed by atoms with Crippen molar-refractivity contribution in [1.29, 1.82) is 0 Å². The van der Waals surface area contributed by atoms with E-state index in [1.165, 1.54) is 7.11 Å². The molecule has 2 aromatic rings. The van der Waals surface area contributed by atoms with Crippen molar-refractivity contribution in [2.24, 2.45) is 0 Å². The lowest BCUT2D eigenvalue weighted by molar-refractivity contribution is -0.122. The number of carbonyl (C=O) groups excluding carboxylic acids is 3. The lowest BCUT2D eigenvalue weighted by Gasteiger charge is -2.34. The standard InChI is InChI=1S/C23H20ClNO4/c1-29-23(28)14-8-6-13(7-9-14)17-12-21(27)25-19-10-15(11-20(26)22(17)19)16-4-2-3-5-18(16)24/h2-9,15,17H,10-12H2,1H3,(H,25,27)/t15-,17-/m0/s1. The summed E-state index contributed by atoms with van der Waals surface area (Å²) in [6.07, 6.45) is 1.13. The monoisotopic (exact) mass is 409 g/mol. The van der Waals surface area contributed by atoms with Crippen LogP contribution in [-0.4, -0.2) is 24.8 Å². The highest BCUT2D eigenvalue weighted by Gasteiger charge is 2.38. The molecule has 1 N–H and O–H groups in total. The number of nitrogens with one attached hydrogen (secondary N) is 1. The molecule has 1 aliphatic carbocycles.